The Morgan fingerprint density at radius 3 is 2.83 bits per heavy atom. The second-order valence-electron chi connectivity index (χ2n) is 3.74. The Morgan fingerprint density at radius 2 is 2.17 bits per heavy atom. The van der Waals surface area contributed by atoms with Crippen molar-refractivity contribution in [1.29, 1.82) is 0 Å². The van der Waals surface area contributed by atoms with Gasteiger partial charge in [0.1, 0.15) is 0 Å². The first-order chi connectivity index (χ1) is 8.70. The van der Waals surface area contributed by atoms with Gasteiger partial charge >= 0.3 is 0 Å². The topological polar surface area (TPSA) is 54.9 Å². The maximum absolute atomic E-state index is 12.0. The summed E-state index contributed by atoms with van der Waals surface area (Å²) in [6.45, 7) is 2.05. The first kappa shape index (κ1) is 12.7. The Hall–Kier alpha value is -1.75. The number of aromatic nitrogens is 2. The number of benzene rings is 1. The lowest BCUT2D eigenvalue weighted by Crippen LogP contribution is -2.13. The first-order valence-corrected chi connectivity index (χ1v) is 6.36. The normalized spacial score (nSPS) is 10.1. The van der Waals surface area contributed by atoms with Crippen LogP contribution in [0.5, 0.6) is 0 Å². The molecule has 0 atom stereocenters. The van der Waals surface area contributed by atoms with Crippen molar-refractivity contribution < 1.29 is 4.79 Å². The zero-order valence-corrected chi connectivity index (χ0v) is 11.4. The highest BCUT2D eigenvalue weighted by Gasteiger charge is 2.08. The van der Waals surface area contributed by atoms with Gasteiger partial charge in [0.05, 0.1) is 18.0 Å². The SMILES string of the molecule is CCc1cc(Br)ccc1NC(=O)c1ccnnc1. The number of rotatable bonds is 3. The molecule has 0 spiro atoms. The molecule has 1 aromatic heterocycles. The molecule has 2 rings (SSSR count). The fourth-order valence-corrected chi connectivity index (χ4v) is 2.00. The van der Waals surface area contributed by atoms with E-state index in [4.69, 9.17) is 0 Å². The summed E-state index contributed by atoms with van der Waals surface area (Å²) in [7, 11) is 0. The fraction of sp³-hybridized carbons (Fsp3) is 0.154. The Labute approximate surface area is 114 Å². The van der Waals surface area contributed by atoms with Crippen LogP contribution in [0.25, 0.3) is 0 Å². The van der Waals surface area contributed by atoms with Gasteiger partial charge in [0.2, 0.25) is 0 Å². The minimum absolute atomic E-state index is 0.179. The Balaban J connectivity index is 2.22. The number of carbonyl (C=O) groups excluding carboxylic acids is 1. The molecule has 0 saturated carbocycles. The average molecular weight is 306 g/mol. The maximum atomic E-state index is 12.0. The van der Waals surface area contributed by atoms with Crippen LogP contribution < -0.4 is 5.32 Å². The minimum atomic E-state index is -0.179. The number of aryl methyl sites for hydroxylation is 1. The van der Waals surface area contributed by atoms with Crippen LogP contribution in [0.15, 0.2) is 41.1 Å². The predicted octanol–water partition coefficient (Wildman–Crippen LogP) is 3.05. The predicted molar refractivity (Wildman–Crippen MR) is 73.5 cm³/mol. The highest BCUT2D eigenvalue weighted by atomic mass is 79.9. The van der Waals surface area contributed by atoms with Crippen molar-refractivity contribution in [3.8, 4) is 0 Å². The molecule has 0 aliphatic carbocycles. The third-order valence-electron chi connectivity index (χ3n) is 2.54. The lowest BCUT2D eigenvalue weighted by atomic mass is 10.1. The van der Waals surface area contributed by atoms with Crippen LogP contribution >= 0.6 is 15.9 Å². The summed E-state index contributed by atoms with van der Waals surface area (Å²) in [5.74, 6) is -0.179. The van der Waals surface area contributed by atoms with Gasteiger partial charge in [-0.1, -0.05) is 22.9 Å². The number of nitrogens with one attached hydrogen (secondary N) is 1. The van der Waals surface area contributed by atoms with E-state index in [1.165, 1.54) is 12.4 Å². The van der Waals surface area contributed by atoms with Gasteiger partial charge in [0.15, 0.2) is 0 Å². The molecule has 0 fully saturated rings. The van der Waals surface area contributed by atoms with Crippen LogP contribution in [-0.4, -0.2) is 16.1 Å². The summed E-state index contributed by atoms with van der Waals surface area (Å²) in [5.41, 5.74) is 2.40. The van der Waals surface area contributed by atoms with Crippen LogP contribution in [0, 0.1) is 0 Å². The summed E-state index contributed by atoms with van der Waals surface area (Å²) in [5, 5.41) is 10.2. The molecule has 1 aromatic carbocycles. The molecule has 5 heteroatoms. The fourth-order valence-electron chi connectivity index (χ4n) is 1.60. The van der Waals surface area contributed by atoms with Gasteiger partial charge in [0, 0.05) is 10.2 Å². The number of nitrogens with zero attached hydrogens (tertiary/aromatic N) is 2. The zero-order valence-electron chi connectivity index (χ0n) is 9.85. The summed E-state index contributed by atoms with van der Waals surface area (Å²) < 4.78 is 1.00. The van der Waals surface area contributed by atoms with E-state index in [9.17, 15) is 4.79 Å². The first-order valence-electron chi connectivity index (χ1n) is 5.57. The smallest absolute Gasteiger partial charge is 0.257 e. The Morgan fingerprint density at radius 1 is 1.33 bits per heavy atom. The van der Waals surface area contributed by atoms with Crippen molar-refractivity contribution in [3.63, 3.8) is 0 Å². The van der Waals surface area contributed by atoms with E-state index in [1.807, 2.05) is 25.1 Å². The van der Waals surface area contributed by atoms with E-state index in [0.717, 1.165) is 22.1 Å². The van der Waals surface area contributed by atoms with Gasteiger partial charge in [-0.05, 0) is 36.2 Å². The molecule has 1 amide bonds. The van der Waals surface area contributed by atoms with E-state index >= 15 is 0 Å². The molecule has 0 unspecified atom stereocenters. The Kier molecular flexibility index (Phi) is 4.04. The van der Waals surface area contributed by atoms with Crippen molar-refractivity contribution in [3.05, 3.63) is 52.3 Å². The number of hydrogen-bond acceptors (Lipinski definition) is 3. The van der Waals surface area contributed by atoms with E-state index in [-0.39, 0.29) is 5.91 Å². The van der Waals surface area contributed by atoms with Gasteiger partial charge in [-0.2, -0.15) is 10.2 Å². The quantitative estimate of drug-likeness (QED) is 0.948. The number of amides is 1. The van der Waals surface area contributed by atoms with E-state index in [1.54, 1.807) is 6.07 Å². The lowest BCUT2D eigenvalue weighted by Gasteiger charge is -2.10. The molecule has 92 valence electrons. The van der Waals surface area contributed by atoms with Crippen LogP contribution in [0.1, 0.15) is 22.8 Å². The van der Waals surface area contributed by atoms with Crippen LogP contribution in [0.4, 0.5) is 5.69 Å². The second-order valence-corrected chi connectivity index (χ2v) is 4.66. The number of carbonyl (C=O) groups is 1. The zero-order chi connectivity index (χ0) is 13.0. The molecule has 0 radical (unpaired) electrons. The van der Waals surface area contributed by atoms with Crippen molar-refractivity contribution >= 4 is 27.5 Å². The van der Waals surface area contributed by atoms with Crippen LogP contribution in [-0.2, 0) is 6.42 Å². The van der Waals surface area contributed by atoms with E-state index in [2.05, 4.69) is 31.4 Å². The van der Waals surface area contributed by atoms with Crippen LogP contribution in [0.3, 0.4) is 0 Å². The molecule has 0 aliphatic rings. The number of anilines is 1. The molecular weight excluding hydrogens is 294 g/mol. The molecule has 1 heterocycles. The average Bonchev–Trinajstić information content (AvgIpc) is 2.41. The summed E-state index contributed by atoms with van der Waals surface area (Å²) in [6, 6.07) is 7.42. The summed E-state index contributed by atoms with van der Waals surface area (Å²) in [4.78, 5) is 12.0. The highest BCUT2D eigenvalue weighted by Crippen LogP contribution is 2.22. The maximum Gasteiger partial charge on any atom is 0.257 e. The third kappa shape index (κ3) is 2.92. The standard InChI is InChI=1S/C13H12BrN3O/c1-2-9-7-11(14)3-4-12(9)17-13(18)10-5-6-15-16-8-10/h3-8H,2H2,1H3,(H,17,18). The van der Waals surface area contributed by atoms with Gasteiger partial charge < -0.3 is 5.32 Å². The van der Waals surface area contributed by atoms with Crippen LogP contribution in [0.2, 0.25) is 0 Å². The molecule has 18 heavy (non-hydrogen) atoms. The molecule has 0 aliphatic heterocycles. The number of halogens is 1. The van der Waals surface area contributed by atoms with E-state index < -0.39 is 0 Å². The molecule has 1 N–H and O–H groups in total. The molecule has 0 saturated heterocycles. The monoisotopic (exact) mass is 305 g/mol. The van der Waals surface area contributed by atoms with Gasteiger partial charge in [-0.25, -0.2) is 0 Å². The molecular formula is C13H12BrN3O. The second kappa shape index (κ2) is 5.73. The Bertz CT molecular complexity index is 557. The third-order valence-corrected chi connectivity index (χ3v) is 3.04. The van der Waals surface area contributed by atoms with Gasteiger partial charge in [0.25, 0.3) is 5.91 Å². The molecule has 0 bridgehead atoms. The molecule has 2 aromatic rings. The minimum Gasteiger partial charge on any atom is -0.322 e. The van der Waals surface area contributed by atoms with Crippen molar-refractivity contribution in [2.24, 2.45) is 0 Å². The summed E-state index contributed by atoms with van der Waals surface area (Å²) in [6.07, 6.45) is 3.79. The largest absolute Gasteiger partial charge is 0.322 e. The van der Waals surface area contributed by atoms with Gasteiger partial charge in [-0.15, -0.1) is 0 Å². The molecule has 4 nitrogen and oxygen atoms in total. The summed E-state index contributed by atoms with van der Waals surface area (Å²) >= 11 is 3.42. The van der Waals surface area contributed by atoms with E-state index in [0.29, 0.717) is 5.56 Å². The van der Waals surface area contributed by atoms with Crippen molar-refractivity contribution in [2.75, 3.05) is 5.32 Å². The van der Waals surface area contributed by atoms with Gasteiger partial charge in [-0.3, -0.25) is 4.79 Å². The van der Waals surface area contributed by atoms with Crippen molar-refractivity contribution in [1.82, 2.24) is 10.2 Å². The number of hydrogen-bond donors (Lipinski definition) is 1. The van der Waals surface area contributed by atoms with Crippen molar-refractivity contribution in [2.45, 2.75) is 13.3 Å². The lowest BCUT2D eigenvalue weighted by molar-refractivity contribution is 0.102. The highest BCUT2D eigenvalue weighted by molar-refractivity contribution is 9.10.